The molecule has 1 fully saturated rings. The van der Waals surface area contributed by atoms with Gasteiger partial charge in [0.15, 0.2) is 0 Å². The highest BCUT2D eigenvalue weighted by Crippen LogP contribution is 2.27. The minimum absolute atomic E-state index is 0.351. The van der Waals surface area contributed by atoms with Crippen LogP contribution in [0, 0.1) is 17.7 Å². The Labute approximate surface area is 141 Å². The van der Waals surface area contributed by atoms with Crippen molar-refractivity contribution in [2.75, 3.05) is 31.2 Å². The molecule has 0 saturated carbocycles. The average molecular weight is 325 g/mol. The second kappa shape index (κ2) is 7.04. The first-order valence-electron chi connectivity index (χ1n) is 7.99. The average Bonchev–Trinajstić information content (AvgIpc) is 2.61. The number of hydrogen-bond acceptors (Lipinski definition) is 3. The predicted octanol–water partition coefficient (Wildman–Crippen LogP) is 2.92. The van der Waals surface area contributed by atoms with Gasteiger partial charge in [-0.2, -0.15) is 0 Å². The maximum atomic E-state index is 14.5. The second-order valence-electron chi connectivity index (χ2n) is 5.95. The van der Waals surface area contributed by atoms with Crippen LogP contribution in [0.3, 0.4) is 0 Å². The highest BCUT2D eigenvalue weighted by Gasteiger charge is 2.23. The lowest BCUT2D eigenvalue weighted by atomic mass is 9.95. The van der Waals surface area contributed by atoms with Crippen LogP contribution in [0.15, 0.2) is 48.5 Å². The van der Waals surface area contributed by atoms with Gasteiger partial charge < -0.3 is 14.7 Å². The van der Waals surface area contributed by atoms with Crippen LogP contribution in [0.25, 0.3) is 0 Å². The lowest BCUT2D eigenvalue weighted by molar-refractivity contribution is 0.120. The molecule has 1 atom stereocenters. The predicted molar refractivity (Wildman–Crippen MR) is 92.3 cm³/mol. The van der Waals surface area contributed by atoms with Crippen LogP contribution in [0.4, 0.5) is 10.1 Å². The zero-order chi connectivity index (χ0) is 17.0. The summed E-state index contributed by atoms with van der Waals surface area (Å²) in [7, 11) is 0. The molecule has 0 aliphatic carbocycles. The molecule has 1 saturated heterocycles. The number of morpholine rings is 1. The van der Waals surface area contributed by atoms with E-state index in [1.54, 1.807) is 19.1 Å². The maximum absolute atomic E-state index is 14.5. The van der Waals surface area contributed by atoms with Gasteiger partial charge in [-0.25, -0.2) is 4.39 Å². The molecular weight excluding hydrogens is 305 g/mol. The summed E-state index contributed by atoms with van der Waals surface area (Å²) in [6.45, 7) is 4.11. The lowest BCUT2D eigenvalue weighted by Gasteiger charge is -2.29. The van der Waals surface area contributed by atoms with Crippen LogP contribution in [0.5, 0.6) is 0 Å². The minimum Gasteiger partial charge on any atom is -0.378 e. The summed E-state index contributed by atoms with van der Waals surface area (Å²) in [5.41, 5.74) is 0.373. The minimum atomic E-state index is -1.42. The van der Waals surface area contributed by atoms with E-state index in [2.05, 4.69) is 11.8 Å². The van der Waals surface area contributed by atoms with Crippen LogP contribution in [0.2, 0.25) is 0 Å². The van der Waals surface area contributed by atoms with Crippen LogP contribution in [-0.2, 0) is 10.3 Å². The summed E-state index contributed by atoms with van der Waals surface area (Å²) in [6.07, 6.45) is 0. The summed E-state index contributed by atoms with van der Waals surface area (Å²) >= 11 is 0. The Morgan fingerprint density at radius 3 is 2.50 bits per heavy atom. The van der Waals surface area contributed by atoms with Crippen molar-refractivity contribution in [3.63, 3.8) is 0 Å². The van der Waals surface area contributed by atoms with E-state index in [0.29, 0.717) is 37.6 Å². The van der Waals surface area contributed by atoms with Crippen molar-refractivity contribution >= 4 is 5.69 Å². The first-order valence-corrected chi connectivity index (χ1v) is 7.99. The van der Waals surface area contributed by atoms with Gasteiger partial charge in [-0.15, -0.1) is 0 Å². The molecule has 124 valence electrons. The molecule has 1 aliphatic rings. The number of rotatable bonds is 2. The number of ether oxygens (including phenoxy) is 1. The molecule has 2 aromatic rings. The Balaban J connectivity index is 1.83. The molecule has 1 N–H and O–H groups in total. The number of hydrogen-bond donors (Lipinski definition) is 1. The molecular formula is C20H20FNO2. The second-order valence-corrected chi connectivity index (χ2v) is 5.95. The summed E-state index contributed by atoms with van der Waals surface area (Å²) in [6, 6.07) is 14.2. The van der Waals surface area contributed by atoms with Gasteiger partial charge in [0.2, 0.25) is 0 Å². The zero-order valence-corrected chi connectivity index (χ0v) is 13.6. The number of halogens is 1. The quantitative estimate of drug-likeness (QED) is 0.862. The third-order valence-corrected chi connectivity index (χ3v) is 4.09. The molecule has 0 aromatic heterocycles. The molecule has 0 radical (unpaired) electrons. The fourth-order valence-electron chi connectivity index (χ4n) is 2.66. The number of nitrogens with zero attached hydrogens (tertiary/aromatic N) is 1. The van der Waals surface area contributed by atoms with Gasteiger partial charge in [-0.3, -0.25) is 0 Å². The van der Waals surface area contributed by atoms with Crippen molar-refractivity contribution in [3.05, 3.63) is 65.5 Å². The van der Waals surface area contributed by atoms with Crippen LogP contribution in [0.1, 0.15) is 18.1 Å². The van der Waals surface area contributed by atoms with Crippen molar-refractivity contribution in [1.82, 2.24) is 0 Å². The van der Waals surface area contributed by atoms with Gasteiger partial charge in [0.05, 0.1) is 18.9 Å². The maximum Gasteiger partial charge on any atom is 0.148 e. The number of benzene rings is 2. The Morgan fingerprint density at radius 2 is 1.83 bits per heavy atom. The van der Waals surface area contributed by atoms with E-state index in [4.69, 9.17) is 4.74 Å². The van der Waals surface area contributed by atoms with E-state index >= 15 is 0 Å². The van der Waals surface area contributed by atoms with Crippen molar-refractivity contribution in [3.8, 4) is 11.8 Å². The zero-order valence-electron chi connectivity index (χ0n) is 13.6. The van der Waals surface area contributed by atoms with Gasteiger partial charge in [0.1, 0.15) is 11.4 Å². The van der Waals surface area contributed by atoms with E-state index in [-0.39, 0.29) is 5.82 Å². The Hall–Kier alpha value is -2.35. The number of anilines is 1. The SMILES string of the molecule is CC(O)(C#Cc1ccccc1)c1ccc(N2CCOCC2)c(F)c1. The smallest absolute Gasteiger partial charge is 0.148 e. The molecule has 3 rings (SSSR count). The van der Waals surface area contributed by atoms with Gasteiger partial charge in [-0.1, -0.05) is 36.1 Å². The fourth-order valence-corrected chi connectivity index (χ4v) is 2.66. The largest absolute Gasteiger partial charge is 0.378 e. The topological polar surface area (TPSA) is 32.7 Å². The third-order valence-electron chi connectivity index (χ3n) is 4.09. The molecule has 3 nitrogen and oxygen atoms in total. The first kappa shape index (κ1) is 16.5. The van der Waals surface area contributed by atoms with Gasteiger partial charge in [0.25, 0.3) is 0 Å². The van der Waals surface area contributed by atoms with E-state index in [1.165, 1.54) is 6.07 Å². The first-order chi connectivity index (χ1) is 11.6. The molecule has 2 aromatic carbocycles. The van der Waals surface area contributed by atoms with E-state index in [0.717, 1.165) is 5.56 Å². The van der Waals surface area contributed by atoms with Crippen LogP contribution in [-0.4, -0.2) is 31.4 Å². The fraction of sp³-hybridized carbons (Fsp3) is 0.300. The lowest BCUT2D eigenvalue weighted by Crippen LogP contribution is -2.36. The molecule has 24 heavy (non-hydrogen) atoms. The van der Waals surface area contributed by atoms with E-state index in [9.17, 15) is 9.50 Å². The molecule has 1 unspecified atom stereocenters. The van der Waals surface area contributed by atoms with Gasteiger partial charge in [-0.05, 0) is 36.8 Å². The molecule has 1 heterocycles. The highest BCUT2D eigenvalue weighted by atomic mass is 19.1. The molecule has 1 aliphatic heterocycles. The standard InChI is InChI=1S/C20H20FNO2/c1-20(23,10-9-16-5-3-2-4-6-16)17-7-8-19(18(21)15-17)22-11-13-24-14-12-22/h2-8,15,23H,11-14H2,1H3. The Morgan fingerprint density at radius 1 is 1.12 bits per heavy atom. The molecule has 4 heteroatoms. The van der Waals surface area contributed by atoms with E-state index < -0.39 is 5.60 Å². The van der Waals surface area contributed by atoms with Crippen LogP contribution >= 0.6 is 0 Å². The van der Waals surface area contributed by atoms with Crippen molar-refractivity contribution in [2.24, 2.45) is 0 Å². The highest BCUT2D eigenvalue weighted by molar-refractivity contribution is 5.51. The summed E-state index contributed by atoms with van der Waals surface area (Å²) in [4.78, 5) is 1.95. The molecule has 0 spiro atoms. The molecule has 0 bridgehead atoms. The van der Waals surface area contributed by atoms with Crippen molar-refractivity contribution < 1.29 is 14.2 Å². The summed E-state index contributed by atoms with van der Waals surface area (Å²) < 4.78 is 19.8. The summed E-state index contributed by atoms with van der Waals surface area (Å²) in [5, 5.41) is 10.6. The van der Waals surface area contributed by atoms with Gasteiger partial charge in [0, 0.05) is 18.7 Å². The third kappa shape index (κ3) is 3.76. The van der Waals surface area contributed by atoms with Crippen LogP contribution < -0.4 is 4.90 Å². The summed E-state index contributed by atoms with van der Waals surface area (Å²) in [5.74, 6) is 5.40. The van der Waals surface area contributed by atoms with Crippen molar-refractivity contribution in [2.45, 2.75) is 12.5 Å². The van der Waals surface area contributed by atoms with Gasteiger partial charge >= 0.3 is 0 Å². The normalized spacial score (nSPS) is 16.9. The molecule has 0 amide bonds. The van der Waals surface area contributed by atoms with E-state index in [1.807, 2.05) is 35.2 Å². The number of aliphatic hydroxyl groups is 1. The van der Waals surface area contributed by atoms with Crippen molar-refractivity contribution in [1.29, 1.82) is 0 Å². The monoisotopic (exact) mass is 325 g/mol. The Kier molecular flexibility index (Phi) is 4.84. The Bertz CT molecular complexity index is 756.